The van der Waals surface area contributed by atoms with Crippen molar-refractivity contribution in [2.24, 2.45) is 0 Å². The number of benzene rings is 2. The summed E-state index contributed by atoms with van der Waals surface area (Å²) >= 11 is 5.98. The fourth-order valence-corrected chi connectivity index (χ4v) is 2.84. The lowest BCUT2D eigenvalue weighted by Gasteiger charge is -2.22. The number of nitrogens with zero attached hydrogens (tertiary/aromatic N) is 2. The summed E-state index contributed by atoms with van der Waals surface area (Å²) < 4.78 is 13.0. The SMILES string of the molecule is CCCN(Cc1nc2cc(Cl)ccc2c(=O)[nH]1)C(=O)Nc1ccc(F)cc1. The number of halogens is 2. The summed E-state index contributed by atoms with van der Waals surface area (Å²) in [4.78, 5) is 33.5. The molecular weight excluding hydrogens is 371 g/mol. The number of carbonyl (C=O) groups excluding carboxylic acids is 1. The van der Waals surface area contributed by atoms with Crippen LogP contribution in [0.2, 0.25) is 5.02 Å². The zero-order chi connectivity index (χ0) is 19.4. The zero-order valence-corrected chi connectivity index (χ0v) is 15.4. The van der Waals surface area contributed by atoms with Crippen molar-refractivity contribution >= 4 is 34.2 Å². The number of anilines is 1. The average molecular weight is 389 g/mol. The topological polar surface area (TPSA) is 78.1 Å². The molecule has 2 N–H and O–H groups in total. The zero-order valence-electron chi connectivity index (χ0n) is 14.6. The van der Waals surface area contributed by atoms with Crippen LogP contribution in [0.15, 0.2) is 47.3 Å². The first-order valence-corrected chi connectivity index (χ1v) is 8.84. The van der Waals surface area contributed by atoms with Gasteiger partial charge in [-0.15, -0.1) is 0 Å². The second-order valence-corrected chi connectivity index (χ2v) is 6.47. The highest BCUT2D eigenvalue weighted by molar-refractivity contribution is 6.31. The van der Waals surface area contributed by atoms with Crippen LogP contribution in [-0.4, -0.2) is 27.4 Å². The number of urea groups is 1. The Morgan fingerprint density at radius 1 is 1.26 bits per heavy atom. The minimum Gasteiger partial charge on any atom is -0.317 e. The van der Waals surface area contributed by atoms with Gasteiger partial charge >= 0.3 is 6.03 Å². The second-order valence-electron chi connectivity index (χ2n) is 6.03. The third-order valence-corrected chi connectivity index (χ3v) is 4.17. The molecule has 27 heavy (non-hydrogen) atoms. The van der Waals surface area contributed by atoms with Crippen molar-refractivity contribution in [3.8, 4) is 0 Å². The van der Waals surface area contributed by atoms with E-state index >= 15 is 0 Å². The predicted octanol–water partition coefficient (Wildman–Crippen LogP) is 4.16. The number of nitrogens with one attached hydrogen (secondary N) is 2. The van der Waals surface area contributed by atoms with E-state index in [0.717, 1.165) is 6.42 Å². The van der Waals surface area contributed by atoms with E-state index in [1.807, 2.05) is 6.92 Å². The molecule has 0 aliphatic rings. The van der Waals surface area contributed by atoms with Crippen molar-refractivity contribution in [2.75, 3.05) is 11.9 Å². The highest BCUT2D eigenvalue weighted by Crippen LogP contribution is 2.15. The lowest BCUT2D eigenvalue weighted by atomic mass is 10.2. The molecule has 0 aliphatic heterocycles. The summed E-state index contributed by atoms with van der Waals surface area (Å²) in [5, 5.41) is 3.62. The summed E-state index contributed by atoms with van der Waals surface area (Å²) in [6.45, 7) is 2.53. The average Bonchev–Trinajstić information content (AvgIpc) is 2.63. The molecule has 0 spiro atoms. The normalized spacial score (nSPS) is 10.8. The number of hydrogen-bond acceptors (Lipinski definition) is 3. The van der Waals surface area contributed by atoms with Crippen LogP contribution in [-0.2, 0) is 6.54 Å². The van der Waals surface area contributed by atoms with Gasteiger partial charge in [0.15, 0.2) is 0 Å². The molecule has 2 aromatic carbocycles. The summed E-state index contributed by atoms with van der Waals surface area (Å²) in [5.74, 6) is -0.0208. The highest BCUT2D eigenvalue weighted by atomic mass is 35.5. The standard InChI is InChI=1S/C19H18ClFN4O2/c1-2-9-25(19(27)22-14-6-4-13(21)5-7-14)11-17-23-16-10-12(20)3-8-15(16)18(26)24-17/h3-8,10H,2,9,11H2,1H3,(H,22,27)(H,23,24,26). The van der Waals surface area contributed by atoms with Crippen LogP contribution in [0, 0.1) is 5.82 Å². The van der Waals surface area contributed by atoms with E-state index in [2.05, 4.69) is 15.3 Å². The Labute approximate surface area is 160 Å². The molecule has 0 saturated heterocycles. The molecule has 0 fully saturated rings. The van der Waals surface area contributed by atoms with Gasteiger partial charge in [-0.3, -0.25) is 4.79 Å². The van der Waals surface area contributed by atoms with Crippen LogP contribution in [0.1, 0.15) is 19.2 Å². The van der Waals surface area contributed by atoms with Gasteiger partial charge in [0, 0.05) is 17.3 Å². The van der Waals surface area contributed by atoms with Gasteiger partial charge in [0.25, 0.3) is 5.56 Å². The van der Waals surface area contributed by atoms with E-state index in [9.17, 15) is 14.0 Å². The molecule has 3 aromatic rings. The lowest BCUT2D eigenvalue weighted by Crippen LogP contribution is -2.36. The van der Waals surface area contributed by atoms with Gasteiger partial charge in [-0.1, -0.05) is 18.5 Å². The Bertz CT molecular complexity index is 1020. The molecule has 140 valence electrons. The molecule has 0 saturated carbocycles. The van der Waals surface area contributed by atoms with Crippen molar-refractivity contribution < 1.29 is 9.18 Å². The number of fused-ring (bicyclic) bond motifs is 1. The Kier molecular flexibility index (Phi) is 5.71. The van der Waals surface area contributed by atoms with Crippen molar-refractivity contribution in [3.63, 3.8) is 0 Å². The Balaban J connectivity index is 1.83. The molecule has 0 bridgehead atoms. The molecule has 0 atom stereocenters. The maximum atomic E-state index is 13.0. The van der Waals surface area contributed by atoms with Crippen LogP contribution in [0.25, 0.3) is 10.9 Å². The van der Waals surface area contributed by atoms with E-state index in [0.29, 0.717) is 34.0 Å². The number of amides is 2. The quantitative estimate of drug-likeness (QED) is 0.688. The van der Waals surface area contributed by atoms with Crippen molar-refractivity contribution in [1.82, 2.24) is 14.9 Å². The maximum absolute atomic E-state index is 13.0. The van der Waals surface area contributed by atoms with Gasteiger partial charge in [-0.25, -0.2) is 14.2 Å². The van der Waals surface area contributed by atoms with E-state index in [1.54, 1.807) is 18.2 Å². The largest absolute Gasteiger partial charge is 0.322 e. The van der Waals surface area contributed by atoms with Crippen molar-refractivity contribution in [2.45, 2.75) is 19.9 Å². The summed E-state index contributed by atoms with van der Waals surface area (Å²) in [6.07, 6.45) is 0.723. The number of aromatic nitrogens is 2. The summed E-state index contributed by atoms with van der Waals surface area (Å²) in [5.41, 5.74) is 0.660. The molecule has 0 aliphatic carbocycles. The maximum Gasteiger partial charge on any atom is 0.322 e. The van der Waals surface area contributed by atoms with Crippen molar-refractivity contribution in [1.29, 1.82) is 0 Å². The molecular formula is C19H18ClFN4O2. The number of hydrogen-bond donors (Lipinski definition) is 2. The smallest absolute Gasteiger partial charge is 0.317 e. The van der Waals surface area contributed by atoms with Crippen LogP contribution in [0.4, 0.5) is 14.9 Å². The first-order chi connectivity index (χ1) is 13.0. The molecule has 1 aromatic heterocycles. The Morgan fingerprint density at radius 3 is 2.70 bits per heavy atom. The van der Waals surface area contributed by atoms with E-state index in [-0.39, 0.29) is 24.0 Å². The summed E-state index contributed by atoms with van der Waals surface area (Å²) in [6, 6.07) is 9.98. The van der Waals surface area contributed by atoms with Gasteiger partial charge in [0.2, 0.25) is 0 Å². The van der Waals surface area contributed by atoms with Crippen LogP contribution in [0.5, 0.6) is 0 Å². The minimum absolute atomic E-state index is 0.124. The summed E-state index contributed by atoms with van der Waals surface area (Å²) in [7, 11) is 0. The van der Waals surface area contributed by atoms with Gasteiger partial charge in [-0.05, 0) is 48.9 Å². The van der Waals surface area contributed by atoms with Crippen LogP contribution < -0.4 is 10.9 Å². The molecule has 2 amide bonds. The van der Waals surface area contributed by atoms with Gasteiger partial charge in [-0.2, -0.15) is 0 Å². The predicted molar refractivity (Wildman–Crippen MR) is 103 cm³/mol. The van der Waals surface area contributed by atoms with Gasteiger partial charge < -0.3 is 15.2 Å². The molecule has 6 nitrogen and oxygen atoms in total. The molecule has 1 heterocycles. The molecule has 0 radical (unpaired) electrons. The monoisotopic (exact) mass is 388 g/mol. The third kappa shape index (κ3) is 4.62. The molecule has 8 heteroatoms. The lowest BCUT2D eigenvalue weighted by molar-refractivity contribution is 0.207. The van der Waals surface area contributed by atoms with Crippen LogP contribution in [0.3, 0.4) is 0 Å². The third-order valence-electron chi connectivity index (χ3n) is 3.93. The van der Waals surface area contributed by atoms with E-state index in [1.165, 1.54) is 29.2 Å². The Morgan fingerprint density at radius 2 is 2.00 bits per heavy atom. The number of aromatic amines is 1. The first-order valence-electron chi connectivity index (χ1n) is 8.46. The number of H-pyrrole nitrogens is 1. The number of rotatable bonds is 5. The first kappa shape index (κ1) is 18.8. The van der Waals surface area contributed by atoms with E-state index in [4.69, 9.17) is 11.6 Å². The fourth-order valence-electron chi connectivity index (χ4n) is 2.67. The van der Waals surface area contributed by atoms with Gasteiger partial charge in [0.05, 0.1) is 17.4 Å². The fraction of sp³-hybridized carbons (Fsp3) is 0.211. The number of carbonyl (C=O) groups is 1. The van der Waals surface area contributed by atoms with E-state index < -0.39 is 0 Å². The minimum atomic E-state index is -0.380. The van der Waals surface area contributed by atoms with Gasteiger partial charge in [0.1, 0.15) is 11.6 Å². The second kappa shape index (κ2) is 8.18. The Hall–Kier alpha value is -2.93. The molecule has 3 rings (SSSR count). The molecule has 0 unspecified atom stereocenters. The highest BCUT2D eigenvalue weighted by Gasteiger charge is 2.15. The van der Waals surface area contributed by atoms with Crippen LogP contribution >= 0.6 is 11.6 Å². The van der Waals surface area contributed by atoms with Crippen molar-refractivity contribution in [3.05, 3.63) is 69.5 Å².